The summed E-state index contributed by atoms with van der Waals surface area (Å²) in [5, 5.41) is 10.8. The van der Waals surface area contributed by atoms with Crippen LogP contribution in [0.5, 0.6) is 5.75 Å². The number of ether oxygens (including phenoxy) is 3. The van der Waals surface area contributed by atoms with Crippen molar-refractivity contribution in [2.45, 2.75) is 26.4 Å². The van der Waals surface area contributed by atoms with Gasteiger partial charge in [-0.2, -0.15) is 5.26 Å². The zero-order valence-electron chi connectivity index (χ0n) is 12.7. The molecule has 22 heavy (non-hydrogen) atoms. The van der Waals surface area contributed by atoms with Gasteiger partial charge in [0.1, 0.15) is 23.0 Å². The molecule has 0 aliphatic rings. The molecule has 1 aromatic carbocycles. The third kappa shape index (κ3) is 6.13. The molecule has 7 heteroatoms. The predicted octanol–water partition coefficient (Wildman–Crippen LogP) is 2.23. The van der Waals surface area contributed by atoms with Crippen LogP contribution in [0.2, 0.25) is 0 Å². The summed E-state index contributed by atoms with van der Waals surface area (Å²) >= 11 is 0. The summed E-state index contributed by atoms with van der Waals surface area (Å²) in [6.07, 6.45) is -0.628. The fraction of sp³-hybridized carbons (Fsp3) is 0.400. The molecule has 7 nitrogen and oxygen atoms in total. The van der Waals surface area contributed by atoms with E-state index in [2.05, 4.69) is 5.32 Å². The minimum atomic E-state index is -0.672. The summed E-state index contributed by atoms with van der Waals surface area (Å²) in [6.45, 7) is 4.72. The number of carbonyl (C=O) groups excluding carboxylic acids is 2. The molecule has 0 aliphatic heterocycles. The van der Waals surface area contributed by atoms with E-state index in [1.807, 2.05) is 0 Å². The van der Waals surface area contributed by atoms with Gasteiger partial charge in [0.15, 0.2) is 13.3 Å². The molecule has 0 aromatic heterocycles. The number of amides is 1. The fourth-order valence-electron chi connectivity index (χ4n) is 1.42. The number of para-hydroxylation sites is 1. The molecule has 0 heterocycles. The summed E-state index contributed by atoms with van der Waals surface area (Å²) in [7, 11) is 0. The van der Waals surface area contributed by atoms with Crippen molar-refractivity contribution >= 4 is 12.1 Å². The highest BCUT2D eigenvalue weighted by atomic mass is 16.6. The molecule has 0 fully saturated rings. The number of nitrogens with one attached hydrogen (secondary N) is 1. The van der Waals surface area contributed by atoms with Gasteiger partial charge in [-0.3, -0.25) is 5.32 Å². The molecule has 0 spiro atoms. The van der Waals surface area contributed by atoms with Gasteiger partial charge in [-0.15, -0.1) is 0 Å². The Morgan fingerprint density at radius 2 is 1.95 bits per heavy atom. The molecule has 0 unspecified atom stereocenters. The Balaban J connectivity index is 2.58. The van der Waals surface area contributed by atoms with Gasteiger partial charge in [-0.05, 0) is 32.9 Å². The summed E-state index contributed by atoms with van der Waals surface area (Å²) in [5.41, 5.74) is -0.438. The molecular formula is C15H18N2O5. The number of rotatable bonds is 5. The Kier molecular flexibility index (Phi) is 6.20. The molecule has 0 saturated heterocycles. The molecule has 0 atom stereocenters. The van der Waals surface area contributed by atoms with Gasteiger partial charge in [-0.1, -0.05) is 12.1 Å². The lowest BCUT2D eigenvalue weighted by Gasteiger charge is -2.19. The van der Waals surface area contributed by atoms with E-state index in [4.69, 9.17) is 19.5 Å². The van der Waals surface area contributed by atoms with Crippen molar-refractivity contribution in [3.63, 3.8) is 0 Å². The summed E-state index contributed by atoms with van der Waals surface area (Å²) in [5.74, 6) is -0.434. The van der Waals surface area contributed by atoms with Crippen molar-refractivity contribution in [2.24, 2.45) is 0 Å². The minimum Gasteiger partial charge on any atom is -0.472 e. The fourth-order valence-corrected chi connectivity index (χ4v) is 1.42. The largest absolute Gasteiger partial charge is 0.472 e. The maximum absolute atomic E-state index is 11.7. The molecule has 118 valence electrons. The maximum Gasteiger partial charge on any atom is 0.410 e. The second-order valence-corrected chi connectivity index (χ2v) is 5.20. The number of nitriles is 1. The molecule has 1 N–H and O–H groups in total. The molecule has 1 amide bonds. The Morgan fingerprint density at radius 3 is 2.59 bits per heavy atom. The van der Waals surface area contributed by atoms with Crippen LogP contribution in [-0.4, -0.2) is 31.0 Å². The van der Waals surface area contributed by atoms with Gasteiger partial charge < -0.3 is 14.2 Å². The highest BCUT2D eigenvalue weighted by Gasteiger charge is 2.17. The van der Waals surface area contributed by atoms with E-state index in [0.29, 0.717) is 0 Å². The van der Waals surface area contributed by atoms with E-state index in [-0.39, 0.29) is 24.7 Å². The van der Waals surface area contributed by atoms with Crippen molar-refractivity contribution in [1.29, 1.82) is 5.26 Å². The van der Waals surface area contributed by atoms with Crippen molar-refractivity contribution in [2.75, 3.05) is 13.3 Å². The molecule has 0 radical (unpaired) electrons. The number of alkyl carbamates (subject to hydrolysis) is 1. The van der Waals surface area contributed by atoms with Crippen molar-refractivity contribution in [1.82, 2.24) is 5.32 Å². The van der Waals surface area contributed by atoms with E-state index < -0.39 is 17.7 Å². The second kappa shape index (κ2) is 7.88. The standard InChI is InChI=1S/C15H18N2O5/c1-15(2,3)22-14(19)17-10-21-12-7-5-4-6-11(12)13(18)20-9-8-16/h4-7H,9-10H2,1-3H3,(H,17,19). The van der Waals surface area contributed by atoms with Gasteiger partial charge >= 0.3 is 12.1 Å². The van der Waals surface area contributed by atoms with Crippen LogP contribution in [0.1, 0.15) is 31.1 Å². The van der Waals surface area contributed by atoms with Crippen LogP contribution < -0.4 is 10.1 Å². The number of esters is 1. The summed E-state index contributed by atoms with van der Waals surface area (Å²) < 4.78 is 15.1. The third-order valence-electron chi connectivity index (χ3n) is 2.22. The molecule has 1 rings (SSSR count). The third-order valence-corrected chi connectivity index (χ3v) is 2.22. The van der Waals surface area contributed by atoms with Crippen LogP contribution >= 0.6 is 0 Å². The first-order chi connectivity index (χ1) is 10.3. The van der Waals surface area contributed by atoms with Crippen LogP contribution in [0.15, 0.2) is 24.3 Å². The molecule has 0 saturated carbocycles. The van der Waals surface area contributed by atoms with Crippen LogP contribution in [0.25, 0.3) is 0 Å². The first-order valence-corrected chi connectivity index (χ1v) is 6.56. The van der Waals surface area contributed by atoms with Gasteiger partial charge in [0.05, 0.1) is 0 Å². The monoisotopic (exact) mass is 306 g/mol. The maximum atomic E-state index is 11.7. The Bertz CT molecular complexity index is 572. The molecule has 1 aromatic rings. The summed E-state index contributed by atoms with van der Waals surface area (Å²) in [4.78, 5) is 23.2. The first kappa shape index (κ1) is 17.3. The molecular weight excluding hydrogens is 288 g/mol. The average Bonchev–Trinajstić information content (AvgIpc) is 2.43. The topological polar surface area (TPSA) is 97.7 Å². The van der Waals surface area contributed by atoms with Crippen LogP contribution in [-0.2, 0) is 9.47 Å². The Morgan fingerprint density at radius 1 is 1.27 bits per heavy atom. The zero-order chi connectivity index (χ0) is 16.6. The smallest absolute Gasteiger partial charge is 0.410 e. The van der Waals surface area contributed by atoms with Crippen molar-refractivity contribution < 1.29 is 23.8 Å². The lowest BCUT2D eigenvalue weighted by molar-refractivity contribution is 0.0484. The second-order valence-electron chi connectivity index (χ2n) is 5.20. The zero-order valence-corrected chi connectivity index (χ0v) is 12.7. The SMILES string of the molecule is CC(C)(C)OC(=O)NCOc1ccccc1C(=O)OCC#N. The molecule has 0 bridgehead atoms. The van der Waals surface area contributed by atoms with E-state index in [0.717, 1.165) is 0 Å². The van der Waals surface area contributed by atoms with E-state index in [1.54, 1.807) is 45.0 Å². The predicted molar refractivity (Wildman–Crippen MR) is 77.2 cm³/mol. The van der Waals surface area contributed by atoms with Crippen molar-refractivity contribution in [3.05, 3.63) is 29.8 Å². The quantitative estimate of drug-likeness (QED) is 0.661. The highest BCUT2D eigenvalue weighted by Crippen LogP contribution is 2.18. The van der Waals surface area contributed by atoms with E-state index in [1.165, 1.54) is 6.07 Å². The Labute approximate surface area is 128 Å². The normalized spacial score (nSPS) is 10.3. The summed E-state index contributed by atoms with van der Waals surface area (Å²) in [6, 6.07) is 8.07. The van der Waals surface area contributed by atoms with Gasteiger partial charge in [0.25, 0.3) is 0 Å². The van der Waals surface area contributed by atoms with Gasteiger partial charge in [0.2, 0.25) is 0 Å². The Hall–Kier alpha value is -2.75. The minimum absolute atomic E-state index is 0.169. The average molecular weight is 306 g/mol. The van der Waals surface area contributed by atoms with Gasteiger partial charge in [-0.25, -0.2) is 9.59 Å². The first-order valence-electron chi connectivity index (χ1n) is 6.56. The van der Waals surface area contributed by atoms with Crippen LogP contribution in [0.3, 0.4) is 0 Å². The number of carbonyl (C=O) groups is 2. The number of hydrogen-bond acceptors (Lipinski definition) is 6. The number of nitrogens with zero attached hydrogens (tertiary/aromatic N) is 1. The molecule has 0 aliphatic carbocycles. The van der Waals surface area contributed by atoms with E-state index >= 15 is 0 Å². The van der Waals surface area contributed by atoms with E-state index in [9.17, 15) is 9.59 Å². The van der Waals surface area contributed by atoms with Crippen LogP contribution in [0.4, 0.5) is 4.79 Å². The number of benzene rings is 1. The lowest BCUT2D eigenvalue weighted by atomic mass is 10.2. The van der Waals surface area contributed by atoms with Crippen LogP contribution in [0, 0.1) is 11.3 Å². The number of hydrogen-bond donors (Lipinski definition) is 1. The lowest BCUT2D eigenvalue weighted by Crippen LogP contribution is -2.34. The van der Waals surface area contributed by atoms with Gasteiger partial charge in [0, 0.05) is 0 Å². The highest BCUT2D eigenvalue weighted by molar-refractivity contribution is 5.92. The van der Waals surface area contributed by atoms with Crippen molar-refractivity contribution in [3.8, 4) is 11.8 Å².